The van der Waals surface area contributed by atoms with Gasteiger partial charge >= 0.3 is 0 Å². The van der Waals surface area contributed by atoms with Crippen molar-refractivity contribution in [2.24, 2.45) is 0 Å². The van der Waals surface area contributed by atoms with Crippen LogP contribution >= 0.6 is 11.3 Å². The Balaban J connectivity index is 1.56. The molecule has 0 bridgehead atoms. The Hall–Kier alpha value is -3.06. The van der Waals surface area contributed by atoms with Crippen LogP contribution in [-0.2, 0) is 6.42 Å². The minimum absolute atomic E-state index is 0.216. The van der Waals surface area contributed by atoms with Crippen LogP contribution in [-0.4, -0.2) is 26.0 Å². The van der Waals surface area contributed by atoms with Crippen LogP contribution in [0.15, 0.2) is 65.1 Å². The van der Waals surface area contributed by atoms with Gasteiger partial charge in [-0.25, -0.2) is 9.97 Å². The summed E-state index contributed by atoms with van der Waals surface area (Å²) in [5.41, 5.74) is 2.50. The van der Waals surface area contributed by atoms with Crippen LogP contribution in [0.4, 0.5) is 5.95 Å². The van der Waals surface area contributed by atoms with Gasteiger partial charge in [0.05, 0.1) is 28.7 Å². The minimum atomic E-state index is 0.216. The Morgan fingerprint density at radius 3 is 2.85 bits per heavy atom. The Morgan fingerprint density at radius 2 is 2.11 bits per heavy atom. The third kappa shape index (κ3) is 4.20. The van der Waals surface area contributed by atoms with E-state index in [4.69, 9.17) is 9.40 Å². The third-order valence-corrected chi connectivity index (χ3v) is 5.04. The van der Waals surface area contributed by atoms with E-state index in [0.717, 1.165) is 40.4 Å². The zero-order valence-corrected chi connectivity index (χ0v) is 15.7. The van der Waals surface area contributed by atoms with Crippen molar-refractivity contribution in [1.29, 1.82) is 0 Å². The van der Waals surface area contributed by atoms with Crippen molar-refractivity contribution in [3.05, 3.63) is 66.5 Å². The van der Waals surface area contributed by atoms with E-state index < -0.39 is 0 Å². The van der Waals surface area contributed by atoms with Crippen molar-refractivity contribution in [2.75, 3.05) is 5.32 Å². The van der Waals surface area contributed by atoms with E-state index in [1.165, 1.54) is 0 Å². The highest BCUT2D eigenvalue weighted by molar-refractivity contribution is 7.13. The summed E-state index contributed by atoms with van der Waals surface area (Å²) in [5, 5.41) is 5.43. The summed E-state index contributed by atoms with van der Waals surface area (Å²) in [6.07, 6.45) is 10.4. The lowest BCUT2D eigenvalue weighted by atomic mass is 10.1. The van der Waals surface area contributed by atoms with Crippen molar-refractivity contribution < 1.29 is 4.42 Å². The van der Waals surface area contributed by atoms with Gasteiger partial charge in [-0.3, -0.25) is 9.97 Å². The molecule has 1 atom stereocenters. The molecule has 0 aliphatic heterocycles. The average molecular weight is 377 g/mol. The number of hydrogen-bond acceptors (Lipinski definition) is 7. The molecule has 0 saturated heterocycles. The highest BCUT2D eigenvalue weighted by atomic mass is 32.1. The Labute approximate surface area is 161 Å². The summed E-state index contributed by atoms with van der Waals surface area (Å²) in [6, 6.07) is 8.19. The van der Waals surface area contributed by atoms with Crippen molar-refractivity contribution in [2.45, 2.75) is 25.8 Å². The summed E-state index contributed by atoms with van der Waals surface area (Å²) >= 11 is 1.64. The predicted octanol–water partition coefficient (Wildman–Crippen LogP) is 4.69. The van der Waals surface area contributed by atoms with Crippen molar-refractivity contribution in [3.63, 3.8) is 0 Å². The molecule has 0 radical (unpaired) electrons. The molecule has 0 aliphatic carbocycles. The van der Waals surface area contributed by atoms with E-state index in [1.54, 1.807) is 36.2 Å². The smallest absolute Gasteiger partial charge is 0.223 e. The van der Waals surface area contributed by atoms with E-state index in [2.05, 4.69) is 33.3 Å². The van der Waals surface area contributed by atoms with Gasteiger partial charge in [0.25, 0.3) is 0 Å². The molecule has 1 N–H and O–H groups in total. The van der Waals surface area contributed by atoms with Gasteiger partial charge in [0.1, 0.15) is 5.76 Å². The zero-order chi connectivity index (χ0) is 18.5. The molecule has 0 aliphatic rings. The Kier molecular flexibility index (Phi) is 5.20. The van der Waals surface area contributed by atoms with Gasteiger partial charge in [-0.15, -0.1) is 11.3 Å². The second-order valence-electron chi connectivity index (χ2n) is 6.19. The number of rotatable bonds is 7. The standard InChI is InChI=1S/C20H19N5OS/c1-14(6-7-15-4-2-10-26-15)24-20-23-12-16(17-13-21-8-9-22-17)19(25-20)18-5-3-11-27-18/h2-5,8-14H,6-7H2,1H3,(H,23,24,25)/t14-/m1/s1. The maximum Gasteiger partial charge on any atom is 0.223 e. The second kappa shape index (κ2) is 8.09. The number of anilines is 1. The molecule has 4 aromatic rings. The highest BCUT2D eigenvalue weighted by Crippen LogP contribution is 2.32. The van der Waals surface area contributed by atoms with Crippen LogP contribution < -0.4 is 5.32 Å². The second-order valence-corrected chi connectivity index (χ2v) is 7.13. The van der Waals surface area contributed by atoms with E-state index in [0.29, 0.717) is 5.95 Å². The molecule has 0 saturated carbocycles. The van der Waals surface area contributed by atoms with Crippen LogP contribution in [0.5, 0.6) is 0 Å². The van der Waals surface area contributed by atoms with Gasteiger partial charge in [-0.05, 0) is 36.9 Å². The molecule has 4 rings (SSSR count). The van der Waals surface area contributed by atoms with Gasteiger partial charge in [0, 0.05) is 36.6 Å². The molecule has 0 unspecified atom stereocenters. The Bertz CT molecular complexity index is 971. The zero-order valence-electron chi connectivity index (χ0n) is 14.9. The minimum Gasteiger partial charge on any atom is -0.469 e. The summed E-state index contributed by atoms with van der Waals surface area (Å²) in [7, 11) is 0. The maximum atomic E-state index is 5.40. The largest absolute Gasteiger partial charge is 0.469 e. The molecule has 27 heavy (non-hydrogen) atoms. The molecule has 7 heteroatoms. The summed E-state index contributed by atoms with van der Waals surface area (Å²) < 4.78 is 5.40. The molecule has 4 aromatic heterocycles. The third-order valence-electron chi connectivity index (χ3n) is 4.16. The number of nitrogens with zero attached hydrogens (tertiary/aromatic N) is 4. The van der Waals surface area contributed by atoms with E-state index in [9.17, 15) is 0 Å². The number of thiophene rings is 1. The molecule has 6 nitrogen and oxygen atoms in total. The summed E-state index contributed by atoms with van der Waals surface area (Å²) in [5.74, 6) is 1.60. The first-order valence-electron chi connectivity index (χ1n) is 8.76. The van der Waals surface area contributed by atoms with Gasteiger partial charge in [0.2, 0.25) is 5.95 Å². The van der Waals surface area contributed by atoms with Gasteiger partial charge in [0.15, 0.2) is 0 Å². The summed E-state index contributed by atoms with van der Waals surface area (Å²) in [4.78, 5) is 18.9. The van der Waals surface area contributed by atoms with Crippen LogP contribution in [0.25, 0.3) is 21.8 Å². The topological polar surface area (TPSA) is 76.7 Å². The first kappa shape index (κ1) is 17.4. The fourth-order valence-corrected chi connectivity index (χ4v) is 3.51. The number of aryl methyl sites for hydroxylation is 1. The lowest BCUT2D eigenvalue weighted by Crippen LogP contribution is -2.18. The average Bonchev–Trinajstić information content (AvgIpc) is 3.41. The molecule has 0 amide bonds. The van der Waals surface area contributed by atoms with Gasteiger partial charge in [-0.1, -0.05) is 6.07 Å². The number of hydrogen-bond donors (Lipinski definition) is 1. The van der Waals surface area contributed by atoms with Crippen LogP contribution in [0.3, 0.4) is 0 Å². The number of nitrogens with one attached hydrogen (secondary N) is 1. The Morgan fingerprint density at radius 1 is 1.15 bits per heavy atom. The lowest BCUT2D eigenvalue weighted by molar-refractivity contribution is 0.494. The fourth-order valence-electron chi connectivity index (χ4n) is 2.78. The molecular formula is C20H19N5OS. The highest BCUT2D eigenvalue weighted by Gasteiger charge is 2.15. The summed E-state index contributed by atoms with van der Waals surface area (Å²) in [6.45, 7) is 2.12. The van der Waals surface area contributed by atoms with Gasteiger partial charge < -0.3 is 9.73 Å². The maximum absolute atomic E-state index is 5.40. The number of furan rings is 1. The van der Waals surface area contributed by atoms with Crippen LogP contribution in [0.1, 0.15) is 19.1 Å². The molecule has 0 aromatic carbocycles. The van der Waals surface area contributed by atoms with E-state index >= 15 is 0 Å². The van der Waals surface area contributed by atoms with Crippen molar-refractivity contribution >= 4 is 17.3 Å². The van der Waals surface area contributed by atoms with Crippen LogP contribution in [0, 0.1) is 0 Å². The SMILES string of the molecule is C[C@H](CCc1ccco1)Nc1ncc(-c2cnccn2)c(-c2cccs2)n1. The lowest BCUT2D eigenvalue weighted by Gasteiger charge is -2.15. The van der Waals surface area contributed by atoms with Crippen LogP contribution in [0.2, 0.25) is 0 Å². The number of aromatic nitrogens is 4. The van der Waals surface area contributed by atoms with Crippen molar-refractivity contribution in [1.82, 2.24) is 19.9 Å². The van der Waals surface area contributed by atoms with Gasteiger partial charge in [-0.2, -0.15) is 0 Å². The fraction of sp³-hybridized carbons (Fsp3) is 0.200. The first-order chi connectivity index (χ1) is 13.3. The predicted molar refractivity (Wildman–Crippen MR) is 106 cm³/mol. The van der Waals surface area contributed by atoms with Crippen molar-refractivity contribution in [3.8, 4) is 21.8 Å². The molecule has 4 heterocycles. The van der Waals surface area contributed by atoms with E-state index in [1.807, 2.05) is 29.8 Å². The molecule has 136 valence electrons. The quantitative estimate of drug-likeness (QED) is 0.503. The molecule has 0 spiro atoms. The van der Waals surface area contributed by atoms with E-state index in [-0.39, 0.29) is 6.04 Å². The first-order valence-corrected chi connectivity index (χ1v) is 9.64. The normalized spacial score (nSPS) is 12.0. The monoisotopic (exact) mass is 377 g/mol. The molecular weight excluding hydrogens is 358 g/mol. The molecule has 0 fully saturated rings.